The van der Waals surface area contributed by atoms with Crippen molar-refractivity contribution in [1.29, 1.82) is 0 Å². The molecule has 0 amide bonds. The van der Waals surface area contributed by atoms with Crippen LogP contribution in [0, 0.1) is 5.41 Å². The van der Waals surface area contributed by atoms with Crippen LogP contribution in [0.25, 0.3) is 0 Å². The van der Waals surface area contributed by atoms with Gasteiger partial charge < -0.3 is 24.6 Å². The number of rotatable bonds is 6. The van der Waals surface area contributed by atoms with E-state index in [0.29, 0.717) is 5.41 Å². The molecule has 0 radical (unpaired) electrons. The van der Waals surface area contributed by atoms with Crippen LogP contribution in [0.4, 0.5) is 5.69 Å². The van der Waals surface area contributed by atoms with Gasteiger partial charge in [-0.1, -0.05) is 0 Å². The number of nitrogens with one attached hydrogen (secondary N) is 1. The maximum Gasteiger partial charge on any atom is 0.193 e. The van der Waals surface area contributed by atoms with Crippen molar-refractivity contribution in [3.05, 3.63) is 24.3 Å². The normalized spacial score (nSPS) is 24.5. The number of nitrogens with zero attached hydrogens (tertiary/aromatic N) is 4. The lowest BCUT2D eigenvalue weighted by Gasteiger charge is -2.36. The molecule has 31 heavy (non-hydrogen) atoms. The van der Waals surface area contributed by atoms with E-state index in [9.17, 15) is 0 Å². The zero-order valence-electron chi connectivity index (χ0n) is 19.0. The number of guanidine groups is 1. The van der Waals surface area contributed by atoms with Crippen LogP contribution in [-0.2, 0) is 4.74 Å². The summed E-state index contributed by atoms with van der Waals surface area (Å²) in [6.45, 7) is 10.5. The van der Waals surface area contributed by atoms with Crippen molar-refractivity contribution >= 4 is 35.6 Å². The fraction of sp³-hybridized carbons (Fsp3) is 0.696. The first-order valence-electron chi connectivity index (χ1n) is 11.4. The minimum atomic E-state index is 0. The van der Waals surface area contributed by atoms with Gasteiger partial charge >= 0.3 is 0 Å². The first-order valence-corrected chi connectivity index (χ1v) is 11.4. The number of likely N-dealkylation sites (tertiary alicyclic amines) is 1. The van der Waals surface area contributed by atoms with Crippen LogP contribution in [0.15, 0.2) is 29.3 Å². The molecule has 0 saturated carbocycles. The molecule has 1 spiro atoms. The Balaban J connectivity index is 0.00000272. The zero-order chi connectivity index (χ0) is 20.8. The van der Waals surface area contributed by atoms with Gasteiger partial charge in [0.05, 0.1) is 13.7 Å². The van der Waals surface area contributed by atoms with E-state index >= 15 is 0 Å². The van der Waals surface area contributed by atoms with Gasteiger partial charge in [0.15, 0.2) is 5.96 Å². The first kappa shape index (κ1) is 24.4. The van der Waals surface area contributed by atoms with Crippen molar-refractivity contribution in [2.24, 2.45) is 10.4 Å². The van der Waals surface area contributed by atoms with Crippen LogP contribution in [0.3, 0.4) is 0 Å². The summed E-state index contributed by atoms with van der Waals surface area (Å²) in [5.74, 6) is 1.98. The Morgan fingerprint density at radius 2 is 1.90 bits per heavy atom. The summed E-state index contributed by atoms with van der Waals surface area (Å²) in [6.07, 6.45) is 3.57. The van der Waals surface area contributed by atoms with Crippen molar-refractivity contribution in [3.63, 3.8) is 0 Å². The molecule has 7 nitrogen and oxygen atoms in total. The molecule has 8 heteroatoms. The molecule has 1 N–H and O–H groups in total. The molecule has 174 valence electrons. The summed E-state index contributed by atoms with van der Waals surface area (Å²) in [5.41, 5.74) is 1.67. The Bertz CT molecular complexity index is 700. The SMILES string of the molecule is CN=C(NCCCN1CCN(c2ccc(OC)cc2)CC1)N1CCC2(CCOC2)C1.I. The maximum absolute atomic E-state index is 5.65. The molecule has 1 aromatic carbocycles. The first-order chi connectivity index (χ1) is 14.7. The predicted octanol–water partition coefficient (Wildman–Crippen LogP) is 2.51. The molecule has 3 heterocycles. The second-order valence-electron chi connectivity index (χ2n) is 8.83. The molecule has 1 atom stereocenters. The van der Waals surface area contributed by atoms with Crippen molar-refractivity contribution < 1.29 is 9.47 Å². The lowest BCUT2D eigenvalue weighted by atomic mass is 9.87. The van der Waals surface area contributed by atoms with E-state index in [1.807, 2.05) is 19.2 Å². The average molecular weight is 543 g/mol. The average Bonchev–Trinajstić information content (AvgIpc) is 3.44. The van der Waals surface area contributed by atoms with Gasteiger partial charge in [0.2, 0.25) is 0 Å². The highest BCUT2D eigenvalue weighted by Crippen LogP contribution is 2.38. The molecular weight excluding hydrogens is 505 g/mol. The fourth-order valence-electron chi connectivity index (χ4n) is 4.95. The molecule has 0 aromatic heterocycles. The smallest absolute Gasteiger partial charge is 0.193 e. The van der Waals surface area contributed by atoms with E-state index in [0.717, 1.165) is 83.7 Å². The monoisotopic (exact) mass is 543 g/mol. The minimum absolute atomic E-state index is 0. The molecule has 4 rings (SSSR count). The van der Waals surface area contributed by atoms with Crippen LogP contribution in [0.2, 0.25) is 0 Å². The lowest BCUT2D eigenvalue weighted by molar-refractivity contribution is 0.156. The fourth-order valence-corrected chi connectivity index (χ4v) is 4.95. The molecule has 3 fully saturated rings. The van der Waals surface area contributed by atoms with Crippen LogP contribution in [0.5, 0.6) is 5.75 Å². The van der Waals surface area contributed by atoms with E-state index in [1.54, 1.807) is 7.11 Å². The molecular formula is C23H38IN5O2. The third kappa shape index (κ3) is 6.16. The Morgan fingerprint density at radius 1 is 1.13 bits per heavy atom. The number of anilines is 1. The van der Waals surface area contributed by atoms with Crippen molar-refractivity contribution in [2.75, 3.05) is 84.6 Å². The molecule has 1 aromatic rings. The summed E-state index contributed by atoms with van der Waals surface area (Å²) in [7, 11) is 3.61. The summed E-state index contributed by atoms with van der Waals surface area (Å²) >= 11 is 0. The van der Waals surface area contributed by atoms with Crippen LogP contribution >= 0.6 is 24.0 Å². The largest absolute Gasteiger partial charge is 0.497 e. The van der Waals surface area contributed by atoms with Crippen molar-refractivity contribution in [2.45, 2.75) is 19.3 Å². The Labute approximate surface area is 204 Å². The van der Waals surface area contributed by atoms with E-state index in [4.69, 9.17) is 9.47 Å². The molecule has 1 unspecified atom stereocenters. The summed E-state index contributed by atoms with van der Waals surface area (Å²) in [6, 6.07) is 8.40. The molecule has 3 aliphatic rings. The van der Waals surface area contributed by atoms with Gasteiger partial charge in [0.1, 0.15) is 5.75 Å². The van der Waals surface area contributed by atoms with Gasteiger partial charge in [0.25, 0.3) is 0 Å². The number of ether oxygens (including phenoxy) is 2. The lowest BCUT2D eigenvalue weighted by Crippen LogP contribution is -2.47. The van der Waals surface area contributed by atoms with Crippen LogP contribution in [-0.4, -0.2) is 95.5 Å². The third-order valence-electron chi connectivity index (χ3n) is 6.88. The second kappa shape index (κ2) is 11.6. The molecule has 3 aliphatic heterocycles. The highest BCUT2D eigenvalue weighted by atomic mass is 127. The van der Waals surface area contributed by atoms with E-state index < -0.39 is 0 Å². The minimum Gasteiger partial charge on any atom is -0.497 e. The molecule has 0 aliphatic carbocycles. The second-order valence-corrected chi connectivity index (χ2v) is 8.83. The number of aliphatic imine (C=N–C) groups is 1. The van der Waals surface area contributed by atoms with Gasteiger partial charge in [-0.15, -0.1) is 24.0 Å². The summed E-state index contributed by atoms with van der Waals surface area (Å²) < 4.78 is 10.9. The standard InChI is InChI=1S/C23H37N5O2.HI/c1-24-22(28-12-8-23(18-28)9-17-30-19-23)25-10-3-11-26-13-15-27(16-14-26)20-4-6-21(29-2)7-5-20;/h4-7H,3,8-19H2,1-2H3,(H,24,25);1H. The Kier molecular flexibility index (Phi) is 9.09. The summed E-state index contributed by atoms with van der Waals surface area (Å²) in [5, 5.41) is 3.59. The zero-order valence-corrected chi connectivity index (χ0v) is 21.3. The van der Waals surface area contributed by atoms with E-state index in [1.165, 1.54) is 18.5 Å². The van der Waals surface area contributed by atoms with Crippen molar-refractivity contribution in [3.8, 4) is 5.75 Å². The maximum atomic E-state index is 5.65. The van der Waals surface area contributed by atoms with Gasteiger partial charge in [-0.3, -0.25) is 9.89 Å². The Hall–Kier alpha value is -1.26. The number of hydrogen-bond acceptors (Lipinski definition) is 5. The van der Waals surface area contributed by atoms with Gasteiger partial charge in [0, 0.05) is 70.6 Å². The van der Waals surface area contributed by atoms with Crippen molar-refractivity contribution in [1.82, 2.24) is 15.1 Å². The third-order valence-corrected chi connectivity index (χ3v) is 6.88. The van der Waals surface area contributed by atoms with Crippen LogP contribution < -0.4 is 15.0 Å². The topological polar surface area (TPSA) is 52.6 Å². The number of hydrogen-bond donors (Lipinski definition) is 1. The number of methoxy groups -OCH3 is 1. The van der Waals surface area contributed by atoms with Crippen LogP contribution in [0.1, 0.15) is 19.3 Å². The van der Waals surface area contributed by atoms with E-state index in [-0.39, 0.29) is 24.0 Å². The van der Waals surface area contributed by atoms with Gasteiger partial charge in [-0.05, 0) is 50.1 Å². The molecule has 0 bridgehead atoms. The highest BCUT2D eigenvalue weighted by molar-refractivity contribution is 14.0. The summed E-state index contributed by atoms with van der Waals surface area (Å²) in [4.78, 5) is 12.0. The predicted molar refractivity (Wildman–Crippen MR) is 137 cm³/mol. The highest BCUT2D eigenvalue weighted by Gasteiger charge is 2.42. The molecule has 3 saturated heterocycles. The van der Waals surface area contributed by atoms with Gasteiger partial charge in [-0.25, -0.2) is 0 Å². The number of halogens is 1. The van der Waals surface area contributed by atoms with E-state index in [2.05, 4.69) is 37.1 Å². The number of benzene rings is 1. The van der Waals surface area contributed by atoms with Gasteiger partial charge in [-0.2, -0.15) is 0 Å². The quantitative estimate of drug-likeness (QED) is 0.258. The Morgan fingerprint density at radius 3 is 2.55 bits per heavy atom. The number of piperazine rings is 1.